The van der Waals surface area contributed by atoms with Gasteiger partial charge in [0.2, 0.25) is 0 Å². The minimum absolute atomic E-state index is 0.502. The monoisotopic (exact) mass is 234 g/mol. The summed E-state index contributed by atoms with van der Waals surface area (Å²) in [5.41, 5.74) is 0.502. The number of thiol groups is 1. The lowest BCUT2D eigenvalue weighted by atomic mass is 9.78. The fourth-order valence-electron chi connectivity index (χ4n) is 1.92. The fraction of sp³-hybridized carbons (Fsp3) is 1.00. The summed E-state index contributed by atoms with van der Waals surface area (Å²) < 4.78 is 0. The Morgan fingerprint density at radius 3 is 2.36 bits per heavy atom. The summed E-state index contributed by atoms with van der Waals surface area (Å²) in [4.78, 5) is 0. The van der Waals surface area contributed by atoms with E-state index in [2.05, 4.69) is 39.7 Å². The highest BCUT2D eigenvalue weighted by molar-refractivity contribution is 7.99. The lowest BCUT2D eigenvalue weighted by Gasteiger charge is -2.33. The van der Waals surface area contributed by atoms with E-state index in [1.807, 2.05) is 11.8 Å². The third-order valence-electron chi connectivity index (χ3n) is 3.27. The zero-order valence-corrected chi connectivity index (χ0v) is 11.9. The Morgan fingerprint density at radius 1 is 1.36 bits per heavy atom. The Morgan fingerprint density at radius 2 is 2.00 bits per heavy atom. The summed E-state index contributed by atoms with van der Waals surface area (Å²) in [5.74, 6) is 1.05. The first-order valence-corrected chi connectivity index (χ1v) is 7.69. The largest absolute Gasteiger partial charge is 0.179 e. The molecule has 0 heterocycles. The first-order chi connectivity index (χ1) is 6.64. The first kappa shape index (κ1) is 14.7. The van der Waals surface area contributed by atoms with E-state index in [0.717, 1.165) is 11.0 Å². The minimum Gasteiger partial charge on any atom is -0.179 e. The number of hydrogen-bond donors (Lipinski definition) is 1. The van der Waals surface area contributed by atoms with E-state index in [1.165, 1.54) is 32.1 Å². The van der Waals surface area contributed by atoms with Crippen molar-refractivity contribution < 1.29 is 0 Å². The Bertz CT molecular complexity index is 130. The Labute approximate surface area is 100 Å². The second kappa shape index (κ2) is 7.92. The molecule has 0 amide bonds. The van der Waals surface area contributed by atoms with Gasteiger partial charge in [0.15, 0.2) is 0 Å². The Balaban J connectivity index is 4.20. The van der Waals surface area contributed by atoms with Crippen LogP contribution in [0.1, 0.15) is 52.9 Å². The van der Waals surface area contributed by atoms with Gasteiger partial charge < -0.3 is 0 Å². The highest BCUT2D eigenvalue weighted by atomic mass is 32.2. The summed E-state index contributed by atoms with van der Waals surface area (Å²) >= 11 is 6.54. The molecular formula is C12H26S2. The van der Waals surface area contributed by atoms with Gasteiger partial charge in [-0.25, -0.2) is 0 Å². The van der Waals surface area contributed by atoms with Crippen molar-refractivity contribution in [1.29, 1.82) is 0 Å². The molecule has 0 aromatic carbocycles. The van der Waals surface area contributed by atoms with Crippen molar-refractivity contribution in [3.8, 4) is 0 Å². The maximum Gasteiger partial charge on any atom is 0.00215 e. The molecule has 0 radical (unpaired) electrons. The third kappa shape index (κ3) is 4.97. The van der Waals surface area contributed by atoms with Crippen LogP contribution in [0.3, 0.4) is 0 Å². The molecule has 0 aromatic rings. The summed E-state index contributed by atoms with van der Waals surface area (Å²) in [6, 6.07) is 0. The second-order valence-corrected chi connectivity index (χ2v) is 5.96. The van der Waals surface area contributed by atoms with Crippen molar-refractivity contribution in [2.24, 2.45) is 5.41 Å². The van der Waals surface area contributed by atoms with Crippen LogP contribution in [0.2, 0.25) is 0 Å². The van der Waals surface area contributed by atoms with E-state index in [-0.39, 0.29) is 0 Å². The molecule has 1 unspecified atom stereocenters. The molecule has 0 aromatic heterocycles. The minimum atomic E-state index is 0.502. The summed E-state index contributed by atoms with van der Waals surface area (Å²) in [6.07, 6.45) is 8.84. The van der Waals surface area contributed by atoms with Gasteiger partial charge in [-0.1, -0.05) is 33.6 Å². The van der Waals surface area contributed by atoms with Crippen LogP contribution >= 0.6 is 24.4 Å². The maximum absolute atomic E-state index is 4.56. The van der Waals surface area contributed by atoms with Crippen LogP contribution in [0.15, 0.2) is 0 Å². The highest BCUT2D eigenvalue weighted by Crippen LogP contribution is 2.37. The number of unbranched alkanes of at least 4 members (excludes halogenated alkanes) is 1. The smallest absolute Gasteiger partial charge is 0.00215 e. The zero-order chi connectivity index (χ0) is 11.0. The average molecular weight is 234 g/mol. The van der Waals surface area contributed by atoms with Crippen molar-refractivity contribution in [3.63, 3.8) is 0 Å². The molecule has 0 nitrogen and oxygen atoms in total. The zero-order valence-electron chi connectivity index (χ0n) is 10.2. The molecular weight excluding hydrogens is 208 g/mol. The molecule has 0 fully saturated rings. The van der Waals surface area contributed by atoms with Crippen molar-refractivity contribution in [2.75, 3.05) is 12.0 Å². The van der Waals surface area contributed by atoms with Gasteiger partial charge in [-0.3, -0.25) is 0 Å². The topological polar surface area (TPSA) is 0 Å². The predicted octanol–water partition coefficient (Wildman–Crippen LogP) is 4.64. The van der Waals surface area contributed by atoms with Gasteiger partial charge in [-0.05, 0) is 36.7 Å². The highest BCUT2D eigenvalue weighted by Gasteiger charge is 2.27. The molecule has 2 heteroatoms. The standard InChI is InChI=1S/C12H26S2/c1-5-7-8-12(6-2,10-13)9-11(3)14-4/h11,13H,5-10H2,1-4H3/t11?,12-/m1/s1. The average Bonchev–Trinajstić information content (AvgIpc) is 2.24. The van der Waals surface area contributed by atoms with Gasteiger partial charge in [0.1, 0.15) is 0 Å². The van der Waals surface area contributed by atoms with Crippen molar-refractivity contribution in [1.82, 2.24) is 0 Å². The quantitative estimate of drug-likeness (QED) is 0.597. The van der Waals surface area contributed by atoms with E-state index in [0.29, 0.717) is 5.41 Å². The van der Waals surface area contributed by atoms with Crippen molar-refractivity contribution in [2.45, 2.75) is 58.1 Å². The molecule has 0 saturated carbocycles. The SMILES string of the molecule is CCCC[C@@](CC)(CS)CC(C)SC. The van der Waals surface area contributed by atoms with Crippen LogP contribution in [-0.4, -0.2) is 17.3 Å². The maximum atomic E-state index is 4.56. The van der Waals surface area contributed by atoms with E-state index in [1.54, 1.807) is 0 Å². The molecule has 0 N–H and O–H groups in total. The van der Waals surface area contributed by atoms with Gasteiger partial charge >= 0.3 is 0 Å². The molecule has 0 saturated heterocycles. The molecule has 14 heavy (non-hydrogen) atoms. The molecule has 0 aliphatic rings. The van der Waals surface area contributed by atoms with Crippen LogP contribution in [0.4, 0.5) is 0 Å². The van der Waals surface area contributed by atoms with Crippen molar-refractivity contribution >= 4 is 24.4 Å². The fourth-order valence-corrected chi connectivity index (χ4v) is 2.95. The van der Waals surface area contributed by atoms with Gasteiger partial charge in [-0.15, -0.1) is 0 Å². The van der Waals surface area contributed by atoms with E-state index in [9.17, 15) is 0 Å². The van der Waals surface area contributed by atoms with Gasteiger partial charge in [-0.2, -0.15) is 24.4 Å². The van der Waals surface area contributed by atoms with E-state index in [4.69, 9.17) is 0 Å². The summed E-state index contributed by atoms with van der Waals surface area (Å²) in [7, 11) is 0. The lowest BCUT2D eigenvalue weighted by molar-refractivity contribution is 0.262. The molecule has 0 spiro atoms. The van der Waals surface area contributed by atoms with Crippen LogP contribution in [0.5, 0.6) is 0 Å². The second-order valence-electron chi connectivity index (χ2n) is 4.37. The van der Waals surface area contributed by atoms with Crippen LogP contribution < -0.4 is 0 Å². The summed E-state index contributed by atoms with van der Waals surface area (Å²) in [5, 5.41) is 0.777. The molecule has 86 valence electrons. The number of thioether (sulfide) groups is 1. The van der Waals surface area contributed by atoms with Crippen LogP contribution in [0.25, 0.3) is 0 Å². The molecule has 0 rings (SSSR count). The normalized spacial score (nSPS) is 17.8. The van der Waals surface area contributed by atoms with Gasteiger partial charge in [0, 0.05) is 5.25 Å². The third-order valence-corrected chi connectivity index (χ3v) is 4.91. The van der Waals surface area contributed by atoms with E-state index < -0.39 is 0 Å². The molecule has 0 aliphatic carbocycles. The predicted molar refractivity (Wildman–Crippen MR) is 73.7 cm³/mol. The Hall–Kier alpha value is 0.700. The lowest BCUT2D eigenvalue weighted by Crippen LogP contribution is -2.25. The van der Waals surface area contributed by atoms with Gasteiger partial charge in [0.05, 0.1) is 0 Å². The summed E-state index contributed by atoms with van der Waals surface area (Å²) in [6.45, 7) is 6.93. The molecule has 0 aliphatic heterocycles. The van der Waals surface area contributed by atoms with Crippen molar-refractivity contribution in [3.05, 3.63) is 0 Å². The molecule has 0 bridgehead atoms. The number of rotatable bonds is 8. The Kier molecular flexibility index (Phi) is 8.32. The molecule has 2 atom stereocenters. The number of hydrogen-bond acceptors (Lipinski definition) is 2. The van der Waals surface area contributed by atoms with Gasteiger partial charge in [0.25, 0.3) is 0 Å². The van der Waals surface area contributed by atoms with Crippen LogP contribution in [0, 0.1) is 5.41 Å². The van der Waals surface area contributed by atoms with Crippen LogP contribution in [-0.2, 0) is 0 Å². The van der Waals surface area contributed by atoms with E-state index >= 15 is 0 Å². The first-order valence-electron chi connectivity index (χ1n) is 5.77.